The van der Waals surface area contributed by atoms with E-state index in [2.05, 4.69) is 34.5 Å². The van der Waals surface area contributed by atoms with Gasteiger partial charge in [0.2, 0.25) is 5.89 Å². The molecule has 3 aromatic carbocycles. The van der Waals surface area contributed by atoms with Crippen molar-refractivity contribution in [2.45, 2.75) is 25.2 Å². The van der Waals surface area contributed by atoms with Crippen LogP contribution < -0.4 is 4.74 Å². The standard InChI is InChI=1S/C24H20N2O4S/c1-2-22-25-26-24(30-22)31-21(23(27)28)14-16-10-12-19(13-11-16)29-15-18-8-5-7-17-6-3-4-9-20(17)18/h3-14H,2,15H2,1H3,(H,27,28)/b21-14-. The zero-order chi connectivity index (χ0) is 21.6. The molecule has 0 aliphatic rings. The molecule has 0 unspecified atom stereocenters. The van der Waals surface area contributed by atoms with Gasteiger partial charge in [0.25, 0.3) is 5.22 Å². The first-order valence-electron chi connectivity index (χ1n) is 9.77. The van der Waals surface area contributed by atoms with Crippen LogP contribution in [0.1, 0.15) is 23.9 Å². The lowest BCUT2D eigenvalue weighted by Gasteiger charge is -2.09. The van der Waals surface area contributed by atoms with Crippen LogP contribution >= 0.6 is 11.8 Å². The molecule has 0 saturated carbocycles. The minimum Gasteiger partial charge on any atom is -0.489 e. The van der Waals surface area contributed by atoms with Gasteiger partial charge in [-0.1, -0.05) is 61.5 Å². The molecule has 156 valence electrons. The van der Waals surface area contributed by atoms with Gasteiger partial charge in [-0.15, -0.1) is 10.2 Å². The van der Waals surface area contributed by atoms with E-state index in [1.54, 1.807) is 6.08 Å². The minimum absolute atomic E-state index is 0.0933. The number of hydrogen-bond donors (Lipinski definition) is 1. The number of ether oxygens (including phenoxy) is 1. The van der Waals surface area contributed by atoms with Gasteiger partial charge in [0.05, 0.1) is 0 Å². The molecule has 0 aliphatic heterocycles. The maximum Gasteiger partial charge on any atom is 0.342 e. The van der Waals surface area contributed by atoms with E-state index >= 15 is 0 Å². The lowest BCUT2D eigenvalue weighted by Crippen LogP contribution is -1.97. The third-order valence-corrected chi connectivity index (χ3v) is 5.46. The Hall–Kier alpha value is -3.58. The molecular weight excluding hydrogens is 412 g/mol. The second-order valence-electron chi connectivity index (χ2n) is 6.73. The van der Waals surface area contributed by atoms with Crippen LogP contribution in [0.3, 0.4) is 0 Å². The van der Waals surface area contributed by atoms with Crippen LogP contribution in [0.25, 0.3) is 16.8 Å². The maximum absolute atomic E-state index is 11.6. The van der Waals surface area contributed by atoms with Gasteiger partial charge in [0.15, 0.2) is 0 Å². The predicted molar refractivity (Wildman–Crippen MR) is 120 cm³/mol. The highest BCUT2D eigenvalue weighted by molar-refractivity contribution is 8.03. The van der Waals surface area contributed by atoms with E-state index < -0.39 is 5.97 Å². The van der Waals surface area contributed by atoms with Crippen LogP contribution in [0.4, 0.5) is 0 Å². The molecule has 0 spiro atoms. The molecule has 0 fully saturated rings. The number of aliphatic carboxylic acids is 1. The molecule has 0 amide bonds. The number of aromatic nitrogens is 2. The Balaban J connectivity index is 1.45. The fourth-order valence-corrected chi connectivity index (χ4v) is 3.73. The summed E-state index contributed by atoms with van der Waals surface area (Å²) in [6.45, 7) is 2.34. The van der Waals surface area contributed by atoms with Gasteiger partial charge in [-0.05, 0) is 51.9 Å². The lowest BCUT2D eigenvalue weighted by atomic mass is 10.1. The molecular formula is C24H20N2O4S. The molecule has 1 aromatic heterocycles. The number of aryl methyl sites for hydroxylation is 1. The average molecular weight is 433 g/mol. The van der Waals surface area contributed by atoms with E-state index in [1.807, 2.05) is 49.4 Å². The molecule has 4 rings (SSSR count). The fourth-order valence-electron chi connectivity index (χ4n) is 3.04. The summed E-state index contributed by atoms with van der Waals surface area (Å²) in [4.78, 5) is 11.7. The van der Waals surface area contributed by atoms with E-state index in [1.165, 1.54) is 10.8 Å². The Kier molecular flexibility index (Phi) is 6.33. The summed E-state index contributed by atoms with van der Waals surface area (Å²) in [6.07, 6.45) is 2.16. The molecule has 0 radical (unpaired) electrons. The topological polar surface area (TPSA) is 85.5 Å². The fraction of sp³-hybridized carbons (Fsp3) is 0.125. The van der Waals surface area contributed by atoms with Crippen molar-refractivity contribution in [3.63, 3.8) is 0 Å². The molecule has 0 aliphatic carbocycles. The third-order valence-electron chi connectivity index (χ3n) is 4.61. The molecule has 6 nitrogen and oxygen atoms in total. The maximum atomic E-state index is 11.6. The Bertz CT molecular complexity index is 1230. The van der Waals surface area contributed by atoms with Crippen LogP contribution in [0.2, 0.25) is 0 Å². The van der Waals surface area contributed by atoms with Crippen molar-refractivity contribution in [2.75, 3.05) is 0 Å². The van der Waals surface area contributed by atoms with Gasteiger partial charge in [0, 0.05) is 6.42 Å². The van der Waals surface area contributed by atoms with Crippen LogP contribution in [0, 0.1) is 0 Å². The van der Waals surface area contributed by atoms with Crippen LogP contribution in [-0.2, 0) is 17.8 Å². The summed E-state index contributed by atoms with van der Waals surface area (Å²) in [5.41, 5.74) is 1.84. The van der Waals surface area contributed by atoms with Crippen molar-refractivity contribution in [3.05, 3.63) is 88.7 Å². The van der Waals surface area contributed by atoms with Gasteiger partial charge < -0.3 is 14.3 Å². The predicted octanol–water partition coefficient (Wildman–Crippen LogP) is 5.58. The summed E-state index contributed by atoms with van der Waals surface area (Å²) in [5, 5.41) is 19.8. The molecule has 31 heavy (non-hydrogen) atoms. The number of carboxylic acid groups (broad SMARTS) is 1. The molecule has 0 atom stereocenters. The second kappa shape index (κ2) is 9.49. The number of nitrogens with zero attached hydrogens (tertiary/aromatic N) is 2. The zero-order valence-corrected chi connectivity index (χ0v) is 17.6. The lowest BCUT2D eigenvalue weighted by molar-refractivity contribution is -0.131. The van der Waals surface area contributed by atoms with Crippen LogP contribution in [0.15, 0.2) is 81.3 Å². The molecule has 1 heterocycles. The van der Waals surface area contributed by atoms with E-state index in [4.69, 9.17) is 9.15 Å². The first-order valence-corrected chi connectivity index (χ1v) is 10.6. The van der Waals surface area contributed by atoms with Crippen LogP contribution in [-0.4, -0.2) is 21.3 Å². The molecule has 7 heteroatoms. The number of thioether (sulfide) groups is 1. The number of fused-ring (bicyclic) bond motifs is 1. The largest absolute Gasteiger partial charge is 0.489 e. The average Bonchev–Trinajstić information content (AvgIpc) is 3.26. The molecule has 1 N–H and O–H groups in total. The number of rotatable bonds is 8. The highest BCUT2D eigenvalue weighted by Crippen LogP contribution is 2.28. The Morgan fingerprint density at radius 1 is 1.06 bits per heavy atom. The highest BCUT2D eigenvalue weighted by atomic mass is 32.2. The van der Waals surface area contributed by atoms with Crippen molar-refractivity contribution in [1.29, 1.82) is 0 Å². The first kappa shape index (κ1) is 20.7. The van der Waals surface area contributed by atoms with Crippen molar-refractivity contribution in [1.82, 2.24) is 10.2 Å². The van der Waals surface area contributed by atoms with Gasteiger partial charge >= 0.3 is 5.97 Å². The van der Waals surface area contributed by atoms with Gasteiger partial charge in [-0.3, -0.25) is 0 Å². The Morgan fingerprint density at radius 3 is 2.58 bits per heavy atom. The minimum atomic E-state index is -1.06. The Labute approximate surface area is 183 Å². The van der Waals surface area contributed by atoms with E-state index in [9.17, 15) is 9.90 Å². The van der Waals surface area contributed by atoms with Gasteiger partial charge in [0.1, 0.15) is 17.3 Å². The van der Waals surface area contributed by atoms with Crippen molar-refractivity contribution in [2.24, 2.45) is 0 Å². The van der Waals surface area contributed by atoms with Crippen molar-refractivity contribution in [3.8, 4) is 5.75 Å². The number of carboxylic acids is 1. The van der Waals surface area contributed by atoms with Gasteiger partial charge in [-0.25, -0.2) is 4.79 Å². The smallest absolute Gasteiger partial charge is 0.342 e. The quantitative estimate of drug-likeness (QED) is 0.287. The number of benzene rings is 3. The summed E-state index contributed by atoms with van der Waals surface area (Å²) < 4.78 is 11.3. The SMILES string of the molecule is CCc1nnc(S/C(=C\c2ccc(OCc3cccc4ccccc34)cc2)C(=O)O)o1. The first-order chi connectivity index (χ1) is 15.1. The zero-order valence-electron chi connectivity index (χ0n) is 16.8. The molecule has 0 saturated heterocycles. The van der Waals surface area contributed by atoms with Crippen molar-refractivity contribution >= 4 is 34.6 Å². The second-order valence-corrected chi connectivity index (χ2v) is 7.72. The Morgan fingerprint density at radius 2 is 1.84 bits per heavy atom. The van der Waals surface area contributed by atoms with E-state index in [0.29, 0.717) is 24.7 Å². The summed E-state index contributed by atoms with van der Waals surface area (Å²) in [5.74, 6) is 0.122. The normalized spacial score (nSPS) is 11.6. The van der Waals surface area contributed by atoms with Crippen molar-refractivity contribution < 1.29 is 19.1 Å². The summed E-state index contributed by atoms with van der Waals surface area (Å²) >= 11 is 0.931. The van der Waals surface area contributed by atoms with Crippen LogP contribution in [0.5, 0.6) is 5.75 Å². The number of carbonyl (C=O) groups is 1. The van der Waals surface area contributed by atoms with E-state index in [0.717, 1.165) is 22.9 Å². The number of hydrogen-bond acceptors (Lipinski definition) is 6. The van der Waals surface area contributed by atoms with E-state index in [-0.39, 0.29) is 10.1 Å². The van der Waals surface area contributed by atoms with Gasteiger partial charge in [-0.2, -0.15) is 0 Å². The molecule has 0 bridgehead atoms. The highest BCUT2D eigenvalue weighted by Gasteiger charge is 2.14. The summed E-state index contributed by atoms with van der Waals surface area (Å²) in [7, 11) is 0. The summed E-state index contributed by atoms with van der Waals surface area (Å²) in [6, 6.07) is 21.6. The third kappa shape index (κ3) is 5.13. The monoisotopic (exact) mass is 432 g/mol. The molecule has 4 aromatic rings.